The van der Waals surface area contributed by atoms with Crippen LogP contribution in [0.15, 0.2) is 60.7 Å². The molecule has 23 nitrogen and oxygen atoms in total. The number of nitrogens with two attached hydrogens (primary N) is 5. The average Bonchev–Trinajstić information content (AvgIpc) is 3.63. The normalized spacial score (nSPS) is 36.0. The Morgan fingerprint density at radius 1 is 0.507 bits per heavy atom. The molecule has 2 aromatic carbocycles. The van der Waals surface area contributed by atoms with Crippen LogP contribution in [-0.2, 0) is 98.8 Å². The summed E-state index contributed by atoms with van der Waals surface area (Å²) >= 11 is 0. The number of hydrogen-bond donors (Lipinski definition) is 5. The van der Waals surface area contributed by atoms with E-state index in [2.05, 4.69) is 0 Å². The van der Waals surface area contributed by atoms with E-state index in [1.54, 1.807) is 24.3 Å². The highest BCUT2D eigenvalue weighted by atomic mass is 19.1. The van der Waals surface area contributed by atoms with E-state index in [0.717, 1.165) is 40.2 Å². The van der Waals surface area contributed by atoms with Crippen LogP contribution in [0.2, 0.25) is 0 Å². The molecule has 4 aliphatic rings. The number of carbonyl (C=O) groups is 5. The van der Waals surface area contributed by atoms with Crippen molar-refractivity contribution in [1.82, 2.24) is 0 Å². The fraction of sp³-hybridized carbons (Fsp3) is 0.638. The van der Waals surface area contributed by atoms with Crippen LogP contribution in [0.1, 0.15) is 52.2 Å². The molecule has 1 aliphatic carbocycles. The van der Waals surface area contributed by atoms with Crippen LogP contribution in [0.3, 0.4) is 0 Å². The number of benzene rings is 2. The summed E-state index contributed by atoms with van der Waals surface area (Å²) in [5, 5.41) is 0. The molecule has 19 atom stereocenters. The van der Waals surface area contributed by atoms with Crippen LogP contribution in [0.5, 0.6) is 0 Å². The Labute approximate surface area is 409 Å². The maximum Gasteiger partial charge on any atom is 0.303 e. The first-order valence-electron chi connectivity index (χ1n) is 23.3. The predicted octanol–water partition coefficient (Wildman–Crippen LogP) is -0.581. The highest BCUT2D eigenvalue weighted by molar-refractivity contribution is 5.68. The molecule has 394 valence electrons. The molecule has 0 spiro atoms. The molecule has 0 radical (unpaired) electrons. The SMILES string of the molecule is CC(=O)OCC1OC(OC2C(OC(C)=O)C(N)CC(N)C2OC2OC(CN)C(OCc3ccccc3)C(F)C2OCc2ccccc2)C(OC(C)=O)C1OC1OC(CN)C(OC(C)=O)C(OC(C)=O)C1N. The largest absolute Gasteiger partial charge is 0.463 e. The van der Waals surface area contributed by atoms with Gasteiger partial charge in [-0.25, -0.2) is 4.39 Å². The van der Waals surface area contributed by atoms with Crippen molar-refractivity contribution in [3.05, 3.63) is 71.8 Å². The molecule has 1 saturated carbocycles. The third kappa shape index (κ3) is 14.5. The smallest absolute Gasteiger partial charge is 0.303 e. The van der Waals surface area contributed by atoms with Gasteiger partial charge in [0.15, 0.2) is 43.4 Å². The minimum absolute atomic E-state index is 0.0239. The van der Waals surface area contributed by atoms with Gasteiger partial charge < -0.3 is 90.2 Å². The van der Waals surface area contributed by atoms with Gasteiger partial charge in [-0.3, -0.25) is 24.0 Å². The van der Waals surface area contributed by atoms with Gasteiger partial charge in [-0.05, 0) is 17.5 Å². The quantitative estimate of drug-likeness (QED) is 0.0818. The number of ether oxygens (including phenoxy) is 13. The standard InChI is InChI=1S/C47H66FN5O18/c1-22(54)59-21-33-40(70-45-35(53)42(64-25(4)57)39(63-24(3)56)32(18-50)66-45)44(65-26(5)58)47(68-33)71-43-36(62-23(2)55)29(51)16-30(52)37(43)69-46-41(61-20-28-14-10-7-11-15-28)34(48)38(31(17-49)67-46)60-19-27-12-8-6-9-13-27/h6-15,29-47H,16-21,49-53H2,1-5H3. The Morgan fingerprint density at radius 2 is 0.944 bits per heavy atom. The van der Waals surface area contributed by atoms with Crippen molar-refractivity contribution in [2.45, 2.75) is 171 Å². The lowest BCUT2D eigenvalue weighted by molar-refractivity contribution is -0.334. The molecule has 3 heterocycles. The summed E-state index contributed by atoms with van der Waals surface area (Å²) in [6, 6.07) is 14.7. The maximum atomic E-state index is 17.2. The second-order valence-corrected chi connectivity index (χ2v) is 17.6. The van der Waals surface area contributed by atoms with Crippen molar-refractivity contribution in [1.29, 1.82) is 0 Å². The molecule has 10 N–H and O–H groups in total. The number of carbonyl (C=O) groups excluding carboxylic acids is 5. The van der Waals surface area contributed by atoms with Gasteiger partial charge in [0, 0.05) is 59.8 Å². The number of esters is 5. The molecule has 0 amide bonds. The van der Waals surface area contributed by atoms with Gasteiger partial charge in [0.05, 0.1) is 19.3 Å². The monoisotopic (exact) mass is 1010 g/mol. The Bertz CT molecular complexity index is 2070. The Morgan fingerprint density at radius 3 is 1.49 bits per heavy atom. The zero-order chi connectivity index (χ0) is 51.5. The van der Waals surface area contributed by atoms with Crippen molar-refractivity contribution < 1.29 is 89.9 Å². The van der Waals surface area contributed by atoms with Crippen molar-refractivity contribution in [3.8, 4) is 0 Å². The van der Waals surface area contributed by atoms with Crippen LogP contribution in [-0.4, -0.2) is 166 Å². The van der Waals surface area contributed by atoms with Crippen LogP contribution in [0.4, 0.5) is 4.39 Å². The third-order valence-corrected chi connectivity index (χ3v) is 12.1. The van der Waals surface area contributed by atoms with Gasteiger partial charge in [0.2, 0.25) is 0 Å². The Balaban J connectivity index is 1.34. The predicted molar refractivity (Wildman–Crippen MR) is 241 cm³/mol. The molecule has 4 fully saturated rings. The second kappa shape index (κ2) is 25.7. The van der Waals surface area contributed by atoms with Gasteiger partial charge in [0.1, 0.15) is 61.5 Å². The molecular formula is C47H66FN5O18. The molecule has 0 aromatic heterocycles. The zero-order valence-corrected chi connectivity index (χ0v) is 40.1. The molecule has 3 saturated heterocycles. The molecule has 6 rings (SSSR count). The van der Waals surface area contributed by atoms with E-state index in [1.807, 2.05) is 36.4 Å². The van der Waals surface area contributed by atoms with Crippen molar-refractivity contribution in [2.75, 3.05) is 19.7 Å². The number of alkyl halides is 1. The van der Waals surface area contributed by atoms with Gasteiger partial charge in [-0.2, -0.15) is 0 Å². The average molecular weight is 1010 g/mol. The van der Waals surface area contributed by atoms with E-state index >= 15 is 4.39 Å². The lowest BCUT2D eigenvalue weighted by Gasteiger charge is -2.48. The molecule has 19 unspecified atom stereocenters. The Hall–Kier alpha value is -4.80. The number of rotatable bonds is 20. The second-order valence-electron chi connectivity index (χ2n) is 17.6. The topological polar surface area (TPSA) is 335 Å². The summed E-state index contributed by atoms with van der Waals surface area (Å²) in [5.74, 6) is -3.90. The van der Waals surface area contributed by atoms with Gasteiger partial charge in [-0.1, -0.05) is 60.7 Å². The molecule has 0 bridgehead atoms. The van der Waals surface area contributed by atoms with Crippen LogP contribution < -0.4 is 28.7 Å². The van der Waals surface area contributed by atoms with E-state index in [-0.39, 0.29) is 32.7 Å². The fourth-order valence-electron chi connectivity index (χ4n) is 9.00. The summed E-state index contributed by atoms with van der Waals surface area (Å²) in [4.78, 5) is 62.3. The van der Waals surface area contributed by atoms with E-state index in [9.17, 15) is 24.0 Å². The molecule has 3 aliphatic heterocycles. The summed E-state index contributed by atoms with van der Waals surface area (Å²) in [7, 11) is 0. The summed E-state index contributed by atoms with van der Waals surface area (Å²) in [5.41, 5.74) is 33.8. The highest BCUT2D eigenvalue weighted by Crippen LogP contribution is 2.38. The first-order valence-corrected chi connectivity index (χ1v) is 23.3. The highest BCUT2D eigenvalue weighted by Gasteiger charge is 2.58. The molecule has 2 aromatic rings. The van der Waals surface area contributed by atoms with Crippen LogP contribution in [0.25, 0.3) is 0 Å². The van der Waals surface area contributed by atoms with E-state index in [0.29, 0.717) is 5.56 Å². The first-order chi connectivity index (χ1) is 33.9. The minimum Gasteiger partial charge on any atom is -0.463 e. The van der Waals surface area contributed by atoms with Gasteiger partial charge >= 0.3 is 29.8 Å². The maximum absolute atomic E-state index is 17.2. The van der Waals surface area contributed by atoms with E-state index < -0.39 is 153 Å². The van der Waals surface area contributed by atoms with Crippen molar-refractivity contribution in [2.24, 2.45) is 28.7 Å². The van der Waals surface area contributed by atoms with Gasteiger partial charge in [-0.15, -0.1) is 0 Å². The third-order valence-electron chi connectivity index (χ3n) is 12.1. The summed E-state index contributed by atoms with van der Waals surface area (Å²) in [6.07, 6.45) is -22.9. The minimum atomic E-state index is -1.90. The Kier molecular flexibility index (Phi) is 20.1. The van der Waals surface area contributed by atoms with Crippen molar-refractivity contribution >= 4 is 29.8 Å². The van der Waals surface area contributed by atoms with E-state index in [1.165, 1.54) is 0 Å². The molecule has 24 heteroatoms. The van der Waals surface area contributed by atoms with Gasteiger partial charge in [0.25, 0.3) is 0 Å². The zero-order valence-electron chi connectivity index (χ0n) is 40.1. The summed E-state index contributed by atoms with van der Waals surface area (Å²) < 4.78 is 96.0. The molecule has 71 heavy (non-hydrogen) atoms. The fourth-order valence-corrected chi connectivity index (χ4v) is 9.00. The summed E-state index contributed by atoms with van der Waals surface area (Å²) in [6.45, 7) is 4.56. The molecular weight excluding hydrogens is 942 g/mol. The van der Waals surface area contributed by atoms with Crippen molar-refractivity contribution in [3.63, 3.8) is 0 Å². The number of hydrogen-bond acceptors (Lipinski definition) is 23. The number of halogens is 1. The first kappa shape index (κ1) is 55.5. The van der Waals surface area contributed by atoms with Crippen LogP contribution >= 0.6 is 0 Å². The van der Waals surface area contributed by atoms with E-state index in [4.69, 9.17) is 90.2 Å². The lowest BCUT2D eigenvalue weighted by atomic mass is 9.84. The lowest BCUT2D eigenvalue weighted by Crippen LogP contribution is -2.67. The van der Waals surface area contributed by atoms with Crippen LogP contribution in [0, 0.1) is 0 Å².